The molecule has 1 heterocycles. The quantitative estimate of drug-likeness (QED) is 0.739. The second-order valence-electron chi connectivity index (χ2n) is 4.70. The molecule has 1 saturated heterocycles. The summed E-state index contributed by atoms with van der Waals surface area (Å²) in [6, 6.07) is 14.2. The van der Waals surface area contributed by atoms with Crippen molar-refractivity contribution in [2.75, 3.05) is 6.61 Å². The number of halogens is 1. The number of esters is 1. The third kappa shape index (κ3) is 2.30. The van der Waals surface area contributed by atoms with Gasteiger partial charge in [0.1, 0.15) is 6.61 Å². The van der Waals surface area contributed by atoms with Crippen molar-refractivity contribution in [1.82, 2.24) is 0 Å². The molecule has 0 aromatic heterocycles. The lowest BCUT2D eigenvalue weighted by atomic mass is 9.87. The van der Waals surface area contributed by atoms with E-state index in [9.17, 15) is 4.79 Å². The topological polar surface area (TPSA) is 26.3 Å². The fourth-order valence-corrected chi connectivity index (χ4v) is 2.86. The highest BCUT2D eigenvalue weighted by atomic mass is 79.9. The minimum absolute atomic E-state index is 0.130. The number of carbonyl (C=O) groups excluding carboxylic acids is 1. The maximum atomic E-state index is 12.0. The Hall–Kier alpha value is -1.61. The van der Waals surface area contributed by atoms with Crippen LogP contribution >= 0.6 is 15.9 Å². The van der Waals surface area contributed by atoms with E-state index in [1.165, 1.54) is 0 Å². The summed E-state index contributed by atoms with van der Waals surface area (Å²) < 4.78 is 5.26. The van der Waals surface area contributed by atoms with Gasteiger partial charge in [-0.25, -0.2) is 0 Å². The summed E-state index contributed by atoms with van der Waals surface area (Å²) in [5, 5.41) is 2.28. The van der Waals surface area contributed by atoms with Crippen molar-refractivity contribution < 1.29 is 9.53 Å². The molecule has 1 unspecified atom stereocenters. The zero-order valence-electron chi connectivity index (χ0n) is 10.3. The van der Waals surface area contributed by atoms with Crippen LogP contribution in [0.2, 0.25) is 0 Å². The Balaban J connectivity index is 2.10. The van der Waals surface area contributed by atoms with Crippen LogP contribution in [-0.4, -0.2) is 12.6 Å². The average molecular weight is 317 g/mol. The number of hydrogen-bond acceptors (Lipinski definition) is 2. The second-order valence-corrected chi connectivity index (χ2v) is 5.16. The van der Waals surface area contributed by atoms with Crippen LogP contribution in [0.5, 0.6) is 0 Å². The van der Waals surface area contributed by atoms with Crippen LogP contribution in [0, 0.1) is 0 Å². The fraction of sp³-hybridized carbons (Fsp3) is 0.188. The Bertz CT molecular complexity index is 655. The van der Waals surface area contributed by atoms with Gasteiger partial charge in [-0.15, -0.1) is 0 Å². The first-order valence-electron chi connectivity index (χ1n) is 6.22. The van der Waals surface area contributed by atoms with Crippen molar-refractivity contribution in [3.63, 3.8) is 0 Å². The van der Waals surface area contributed by atoms with Gasteiger partial charge in [-0.3, -0.25) is 4.79 Å². The first kappa shape index (κ1) is 12.4. The van der Waals surface area contributed by atoms with Gasteiger partial charge in [0.25, 0.3) is 0 Å². The molecule has 2 aromatic carbocycles. The first-order valence-corrected chi connectivity index (χ1v) is 7.13. The van der Waals surface area contributed by atoms with Crippen LogP contribution in [0.15, 0.2) is 53.0 Å². The third-order valence-corrected chi connectivity index (χ3v) is 4.15. The lowest BCUT2D eigenvalue weighted by molar-refractivity contribution is -0.146. The number of hydrogen-bond donors (Lipinski definition) is 0. The standard InChI is InChI=1S/C16H13BrO2/c17-9-11-8-15(16(18)19-10-11)14-7-3-5-12-4-1-2-6-13(12)14/h1-7,9,15H,8,10H2/b11-9+. The largest absolute Gasteiger partial charge is 0.461 e. The predicted molar refractivity (Wildman–Crippen MR) is 79.3 cm³/mol. The van der Waals surface area contributed by atoms with E-state index in [-0.39, 0.29) is 11.9 Å². The fourth-order valence-electron chi connectivity index (χ4n) is 2.54. The molecular weight excluding hydrogens is 304 g/mol. The Labute approximate surface area is 120 Å². The van der Waals surface area contributed by atoms with Gasteiger partial charge in [0.2, 0.25) is 0 Å². The van der Waals surface area contributed by atoms with Crippen molar-refractivity contribution in [1.29, 1.82) is 0 Å². The number of carbonyl (C=O) groups is 1. The molecule has 1 atom stereocenters. The molecule has 0 aliphatic carbocycles. The molecule has 0 spiro atoms. The molecule has 0 radical (unpaired) electrons. The van der Waals surface area contributed by atoms with Gasteiger partial charge in [-0.2, -0.15) is 0 Å². The summed E-state index contributed by atoms with van der Waals surface area (Å²) in [4.78, 5) is 13.9. The van der Waals surface area contributed by atoms with Gasteiger partial charge in [-0.1, -0.05) is 58.4 Å². The van der Waals surface area contributed by atoms with Crippen LogP contribution < -0.4 is 0 Å². The van der Waals surface area contributed by atoms with Crippen LogP contribution in [0.25, 0.3) is 10.8 Å². The lowest BCUT2D eigenvalue weighted by Crippen LogP contribution is -2.24. The van der Waals surface area contributed by atoms with E-state index >= 15 is 0 Å². The molecule has 19 heavy (non-hydrogen) atoms. The summed E-state index contributed by atoms with van der Waals surface area (Å²) >= 11 is 3.33. The van der Waals surface area contributed by atoms with Gasteiger partial charge in [0.05, 0.1) is 5.92 Å². The minimum Gasteiger partial charge on any atom is -0.461 e. The van der Waals surface area contributed by atoms with Gasteiger partial charge in [0.15, 0.2) is 0 Å². The number of benzene rings is 2. The average Bonchev–Trinajstić information content (AvgIpc) is 2.47. The van der Waals surface area contributed by atoms with E-state index in [1.807, 2.05) is 29.3 Å². The summed E-state index contributed by atoms with van der Waals surface area (Å²) in [6.07, 6.45) is 0.720. The van der Waals surface area contributed by atoms with Crippen molar-refractivity contribution >= 4 is 32.7 Å². The highest BCUT2D eigenvalue weighted by molar-refractivity contribution is 9.11. The maximum Gasteiger partial charge on any atom is 0.314 e. The van der Waals surface area contributed by atoms with Crippen molar-refractivity contribution in [3.05, 3.63) is 58.6 Å². The Morgan fingerprint density at radius 1 is 1.16 bits per heavy atom. The number of fused-ring (bicyclic) bond motifs is 1. The molecule has 0 amide bonds. The number of rotatable bonds is 1. The Kier molecular flexibility index (Phi) is 3.38. The van der Waals surface area contributed by atoms with E-state index < -0.39 is 0 Å². The molecule has 0 N–H and O–H groups in total. The lowest BCUT2D eigenvalue weighted by Gasteiger charge is -2.24. The van der Waals surface area contributed by atoms with Gasteiger partial charge >= 0.3 is 5.97 Å². The molecule has 2 nitrogen and oxygen atoms in total. The maximum absolute atomic E-state index is 12.0. The van der Waals surface area contributed by atoms with Crippen LogP contribution in [0.4, 0.5) is 0 Å². The minimum atomic E-state index is -0.205. The molecule has 3 rings (SSSR count). The van der Waals surface area contributed by atoms with Gasteiger partial charge < -0.3 is 4.74 Å². The Morgan fingerprint density at radius 2 is 1.95 bits per heavy atom. The third-order valence-electron chi connectivity index (χ3n) is 3.50. The summed E-state index contributed by atoms with van der Waals surface area (Å²) in [5.74, 6) is -0.335. The highest BCUT2D eigenvalue weighted by Gasteiger charge is 2.29. The molecule has 2 aromatic rings. The van der Waals surface area contributed by atoms with Crippen LogP contribution in [-0.2, 0) is 9.53 Å². The van der Waals surface area contributed by atoms with E-state index in [0.717, 1.165) is 28.3 Å². The molecule has 1 aliphatic heterocycles. The SMILES string of the molecule is O=C1OC/C(=C/Br)CC1c1cccc2ccccc12. The molecular formula is C16H13BrO2. The zero-order valence-corrected chi connectivity index (χ0v) is 11.9. The number of cyclic esters (lactones) is 1. The van der Waals surface area contributed by atoms with E-state index in [0.29, 0.717) is 6.61 Å². The molecule has 0 saturated carbocycles. The molecule has 96 valence electrons. The molecule has 3 heteroatoms. The van der Waals surface area contributed by atoms with Crippen LogP contribution in [0.1, 0.15) is 17.9 Å². The predicted octanol–water partition coefficient (Wildman–Crippen LogP) is 4.15. The van der Waals surface area contributed by atoms with Crippen molar-refractivity contribution in [2.45, 2.75) is 12.3 Å². The number of ether oxygens (including phenoxy) is 1. The highest BCUT2D eigenvalue weighted by Crippen LogP contribution is 2.34. The van der Waals surface area contributed by atoms with Crippen molar-refractivity contribution in [2.24, 2.45) is 0 Å². The molecule has 1 fully saturated rings. The molecule has 0 bridgehead atoms. The van der Waals surface area contributed by atoms with E-state index in [1.54, 1.807) is 0 Å². The second kappa shape index (κ2) is 5.17. The van der Waals surface area contributed by atoms with E-state index in [4.69, 9.17) is 4.74 Å². The van der Waals surface area contributed by atoms with Crippen molar-refractivity contribution in [3.8, 4) is 0 Å². The Morgan fingerprint density at radius 3 is 2.79 bits per heavy atom. The van der Waals surface area contributed by atoms with Gasteiger partial charge in [-0.05, 0) is 33.3 Å². The monoisotopic (exact) mass is 316 g/mol. The first-order chi connectivity index (χ1) is 9.29. The summed E-state index contributed by atoms with van der Waals surface area (Å²) in [7, 11) is 0. The van der Waals surface area contributed by atoms with E-state index in [2.05, 4.69) is 34.1 Å². The zero-order chi connectivity index (χ0) is 13.2. The normalized spacial score (nSPS) is 21.6. The molecule has 1 aliphatic rings. The summed E-state index contributed by atoms with van der Waals surface area (Å²) in [5.41, 5.74) is 2.16. The van der Waals surface area contributed by atoms with Gasteiger partial charge in [0, 0.05) is 0 Å². The summed E-state index contributed by atoms with van der Waals surface area (Å²) in [6.45, 7) is 0.394. The van der Waals surface area contributed by atoms with Crippen LogP contribution in [0.3, 0.4) is 0 Å². The smallest absolute Gasteiger partial charge is 0.314 e.